The highest BCUT2D eigenvalue weighted by Crippen LogP contribution is 2.37. The monoisotopic (exact) mass is 455 g/mol. The molecule has 0 unspecified atom stereocenters. The Hall–Kier alpha value is -2.85. The molecule has 0 radical (unpaired) electrons. The average Bonchev–Trinajstić information content (AvgIpc) is 3.53. The molecule has 1 N–H and O–H groups in total. The Morgan fingerprint density at radius 2 is 1.71 bits per heavy atom. The highest BCUT2D eigenvalue weighted by molar-refractivity contribution is 5.94. The summed E-state index contributed by atoms with van der Waals surface area (Å²) in [6.07, 6.45) is 8.02. The second-order valence-electron chi connectivity index (χ2n) is 10.2. The molecular weight excluding hydrogens is 418 g/mol. The van der Waals surface area contributed by atoms with Gasteiger partial charge in [-0.3, -0.25) is 9.69 Å². The first-order valence-electron chi connectivity index (χ1n) is 12.9. The predicted molar refractivity (Wildman–Crippen MR) is 138 cm³/mol. The van der Waals surface area contributed by atoms with E-state index < -0.39 is 0 Å². The van der Waals surface area contributed by atoms with Crippen LogP contribution in [0.4, 0.5) is 0 Å². The number of H-pyrrole nitrogens is 1. The Bertz CT molecular complexity index is 1060. The topological polar surface area (TPSA) is 39.3 Å². The Labute approximate surface area is 204 Å². The zero-order valence-corrected chi connectivity index (χ0v) is 20.3. The van der Waals surface area contributed by atoms with Crippen molar-refractivity contribution in [2.45, 2.75) is 57.5 Å². The minimum absolute atomic E-state index is 0.207. The van der Waals surface area contributed by atoms with Crippen molar-refractivity contribution in [1.82, 2.24) is 14.8 Å². The van der Waals surface area contributed by atoms with Crippen LogP contribution in [-0.4, -0.2) is 46.4 Å². The molecule has 1 saturated heterocycles. The molecule has 4 heteroatoms. The molecule has 4 nitrogen and oxygen atoms in total. The van der Waals surface area contributed by atoms with Crippen molar-refractivity contribution in [3.63, 3.8) is 0 Å². The van der Waals surface area contributed by atoms with E-state index in [1.165, 1.54) is 36.1 Å². The predicted octanol–water partition coefficient (Wildman–Crippen LogP) is 6.01. The molecule has 1 aliphatic heterocycles. The molecule has 2 heterocycles. The van der Waals surface area contributed by atoms with Crippen molar-refractivity contribution in [1.29, 1.82) is 0 Å². The number of aromatic nitrogens is 1. The van der Waals surface area contributed by atoms with Gasteiger partial charge in [-0.25, -0.2) is 0 Å². The molecule has 2 aromatic carbocycles. The number of aryl methyl sites for hydroxylation is 1. The van der Waals surface area contributed by atoms with E-state index in [9.17, 15) is 4.79 Å². The van der Waals surface area contributed by atoms with Gasteiger partial charge in [0.2, 0.25) is 0 Å². The van der Waals surface area contributed by atoms with Crippen LogP contribution in [0.25, 0.3) is 0 Å². The SMILES string of the molecule is Cc1ccccc1[C@@H]1CN(Cc2ccc[nH]2)C[C@@H]1CN(C(=O)c1ccccc1)C1CCCCC1. The number of likely N-dealkylation sites (tertiary alicyclic amines) is 1. The van der Waals surface area contributed by atoms with Gasteiger partial charge < -0.3 is 9.88 Å². The molecule has 1 aliphatic carbocycles. The molecular formula is C30H37N3O. The molecule has 0 spiro atoms. The minimum Gasteiger partial charge on any atom is -0.364 e. The minimum atomic E-state index is 0.207. The summed E-state index contributed by atoms with van der Waals surface area (Å²) < 4.78 is 0. The molecule has 2 aliphatic rings. The van der Waals surface area contributed by atoms with Gasteiger partial charge >= 0.3 is 0 Å². The van der Waals surface area contributed by atoms with Gasteiger partial charge in [0, 0.05) is 55.6 Å². The lowest BCUT2D eigenvalue weighted by atomic mass is 9.85. The Kier molecular flexibility index (Phi) is 7.15. The fourth-order valence-corrected chi connectivity index (χ4v) is 6.13. The third-order valence-corrected chi connectivity index (χ3v) is 7.89. The van der Waals surface area contributed by atoms with E-state index >= 15 is 0 Å². The molecule has 2 fully saturated rings. The summed E-state index contributed by atoms with van der Waals surface area (Å²) in [7, 11) is 0. The lowest BCUT2D eigenvalue weighted by Crippen LogP contribution is -2.45. The standard InChI is InChI=1S/C30H37N3O/c1-23-11-8-9-17-28(23)29-22-32(21-26-14-10-18-31-26)19-25(29)20-33(27-15-6-3-7-16-27)30(34)24-12-4-2-5-13-24/h2,4-5,8-14,17-18,25,27,29,31H,3,6-7,15-16,19-22H2,1H3/t25-,29-/m1/s1. The van der Waals surface area contributed by atoms with Gasteiger partial charge in [0.25, 0.3) is 5.91 Å². The van der Waals surface area contributed by atoms with Gasteiger partial charge in [0.1, 0.15) is 0 Å². The lowest BCUT2D eigenvalue weighted by Gasteiger charge is -2.37. The van der Waals surface area contributed by atoms with Crippen LogP contribution in [0.2, 0.25) is 0 Å². The van der Waals surface area contributed by atoms with Gasteiger partial charge in [0.15, 0.2) is 0 Å². The molecule has 3 aromatic rings. The van der Waals surface area contributed by atoms with E-state index in [4.69, 9.17) is 0 Å². The summed E-state index contributed by atoms with van der Waals surface area (Å²) in [5, 5.41) is 0. The van der Waals surface area contributed by atoms with E-state index in [0.717, 1.165) is 44.6 Å². The zero-order chi connectivity index (χ0) is 23.3. The summed E-state index contributed by atoms with van der Waals surface area (Å²) >= 11 is 0. The number of nitrogens with zero attached hydrogens (tertiary/aromatic N) is 2. The van der Waals surface area contributed by atoms with Crippen molar-refractivity contribution in [3.8, 4) is 0 Å². The van der Waals surface area contributed by atoms with E-state index in [2.05, 4.69) is 58.1 Å². The number of carbonyl (C=O) groups is 1. The first-order chi connectivity index (χ1) is 16.7. The molecule has 34 heavy (non-hydrogen) atoms. The highest BCUT2D eigenvalue weighted by Gasteiger charge is 2.38. The first-order valence-corrected chi connectivity index (χ1v) is 12.9. The van der Waals surface area contributed by atoms with Crippen LogP contribution in [-0.2, 0) is 6.54 Å². The van der Waals surface area contributed by atoms with Crippen molar-refractivity contribution in [2.75, 3.05) is 19.6 Å². The van der Waals surface area contributed by atoms with Crippen LogP contribution < -0.4 is 0 Å². The summed E-state index contributed by atoms with van der Waals surface area (Å²) in [6.45, 7) is 6.05. The Morgan fingerprint density at radius 3 is 2.44 bits per heavy atom. The number of carbonyl (C=O) groups excluding carboxylic acids is 1. The summed E-state index contributed by atoms with van der Waals surface area (Å²) in [6, 6.07) is 23.3. The van der Waals surface area contributed by atoms with Crippen molar-refractivity contribution in [3.05, 3.63) is 95.3 Å². The van der Waals surface area contributed by atoms with Crippen LogP contribution in [0.15, 0.2) is 72.9 Å². The Morgan fingerprint density at radius 1 is 0.941 bits per heavy atom. The first kappa shape index (κ1) is 22.9. The molecule has 5 rings (SSSR count). The van der Waals surface area contributed by atoms with Gasteiger partial charge in [-0.1, -0.05) is 61.7 Å². The normalized spacial score (nSPS) is 21.6. The highest BCUT2D eigenvalue weighted by atomic mass is 16.2. The van der Waals surface area contributed by atoms with Crippen LogP contribution >= 0.6 is 0 Å². The van der Waals surface area contributed by atoms with Crippen molar-refractivity contribution < 1.29 is 4.79 Å². The summed E-state index contributed by atoms with van der Waals surface area (Å²) in [5.74, 6) is 1.07. The molecule has 178 valence electrons. The maximum Gasteiger partial charge on any atom is 0.254 e. The maximum absolute atomic E-state index is 13.8. The Balaban J connectivity index is 1.42. The summed E-state index contributed by atoms with van der Waals surface area (Å²) in [5.41, 5.74) is 4.88. The quantitative estimate of drug-likeness (QED) is 0.474. The van der Waals surface area contributed by atoms with E-state index in [0.29, 0.717) is 17.9 Å². The van der Waals surface area contributed by atoms with Gasteiger partial charge in [0.05, 0.1) is 0 Å². The number of nitrogens with one attached hydrogen (secondary N) is 1. The molecule has 1 aromatic heterocycles. The van der Waals surface area contributed by atoms with Crippen LogP contribution in [0.3, 0.4) is 0 Å². The maximum atomic E-state index is 13.8. The van der Waals surface area contributed by atoms with E-state index in [1.807, 2.05) is 36.5 Å². The molecule has 1 saturated carbocycles. The van der Waals surface area contributed by atoms with Gasteiger partial charge in [-0.2, -0.15) is 0 Å². The number of rotatable bonds is 7. The number of hydrogen-bond donors (Lipinski definition) is 1. The fourth-order valence-electron chi connectivity index (χ4n) is 6.13. The largest absolute Gasteiger partial charge is 0.364 e. The van der Waals surface area contributed by atoms with E-state index in [1.54, 1.807) is 0 Å². The van der Waals surface area contributed by atoms with Crippen molar-refractivity contribution in [2.24, 2.45) is 5.92 Å². The summed E-state index contributed by atoms with van der Waals surface area (Å²) in [4.78, 5) is 22.0. The van der Waals surface area contributed by atoms with E-state index in [-0.39, 0.29) is 5.91 Å². The van der Waals surface area contributed by atoms with Gasteiger partial charge in [-0.05, 0) is 61.1 Å². The van der Waals surface area contributed by atoms with Crippen LogP contribution in [0, 0.1) is 12.8 Å². The average molecular weight is 456 g/mol. The van der Waals surface area contributed by atoms with Crippen molar-refractivity contribution >= 4 is 5.91 Å². The molecule has 0 bridgehead atoms. The number of benzene rings is 2. The van der Waals surface area contributed by atoms with Gasteiger partial charge in [-0.15, -0.1) is 0 Å². The lowest BCUT2D eigenvalue weighted by molar-refractivity contribution is 0.0588. The number of hydrogen-bond acceptors (Lipinski definition) is 2. The molecule has 1 amide bonds. The third-order valence-electron chi connectivity index (χ3n) is 7.89. The second-order valence-corrected chi connectivity index (χ2v) is 10.2. The van der Waals surface area contributed by atoms with Crippen LogP contribution in [0.1, 0.15) is 65.2 Å². The third kappa shape index (κ3) is 5.12. The smallest absolute Gasteiger partial charge is 0.254 e. The zero-order valence-electron chi connectivity index (χ0n) is 20.3. The molecule has 2 atom stereocenters. The number of amides is 1. The van der Waals surface area contributed by atoms with Crippen LogP contribution in [0.5, 0.6) is 0 Å². The second kappa shape index (κ2) is 10.6. The fraction of sp³-hybridized carbons (Fsp3) is 0.433. The number of aromatic amines is 1.